The van der Waals surface area contributed by atoms with Gasteiger partial charge in [-0.3, -0.25) is 4.79 Å². The lowest BCUT2D eigenvalue weighted by Gasteiger charge is -2.45. The number of rotatable bonds is 13. The highest BCUT2D eigenvalue weighted by atomic mass is 19.1. The standard InChI is InChI=1S/C42H52FN3O5/c1-42(2,3)51-41(48)45-25-32(20-23-50-5)38(31-15-9-14-30(24-31)29-12-7-6-8-13-29)35(28-45)40(47)46(34-18-19-34)27-33-26-44(21-11-22-49-4)37-17-10-16-36(43)39(33)37/h6-10,12-17,24,26,32,34-35,38H,11,18-23,25,27-28H2,1-5H3/t32?,35-,38-/m0/s1. The molecule has 0 spiro atoms. The molecule has 2 heterocycles. The molecule has 4 aromatic rings. The summed E-state index contributed by atoms with van der Waals surface area (Å²) in [4.78, 5) is 32.6. The zero-order chi connectivity index (χ0) is 36.1. The van der Waals surface area contributed by atoms with E-state index in [0.717, 1.165) is 47.0 Å². The van der Waals surface area contributed by atoms with Gasteiger partial charge >= 0.3 is 6.09 Å². The molecule has 2 fully saturated rings. The Bertz CT molecular complexity index is 1800. The number of aryl methyl sites for hydroxylation is 1. The van der Waals surface area contributed by atoms with E-state index in [-0.39, 0.29) is 36.1 Å². The number of carbonyl (C=O) groups excluding carboxylic acids is 2. The van der Waals surface area contributed by atoms with Gasteiger partial charge in [-0.15, -0.1) is 0 Å². The van der Waals surface area contributed by atoms with E-state index in [2.05, 4.69) is 41.0 Å². The zero-order valence-corrected chi connectivity index (χ0v) is 30.6. The number of piperidine rings is 1. The molecule has 3 aromatic carbocycles. The molecule has 1 aromatic heterocycles. The first-order valence-electron chi connectivity index (χ1n) is 18.3. The van der Waals surface area contributed by atoms with Gasteiger partial charge in [0.15, 0.2) is 0 Å². The number of hydrogen-bond donors (Lipinski definition) is 0. The quantitative estimate of drug-likeness (QED) is 0.132. The maximum absolute atomic E-state index is 15.6. The minimum atomic E-state index is -0.679. The molecule has 6 rings (SSSR count). The van der Waals surface area contributed by atoms with Crippen molar-refractivity contribution in [1.29, 1.82) is 0 Å². The molecule has 9 heteroatoms. The lowest BCUT2D eigenvalue weighted by atomic mass is 9.71. The van der Waals surface area contributed by atoms with E-state index in [1.807, 2.05) is 56.1 Å². The van der Waals surface area contributed by atoms with Gasteiger partial charge in [0.25, 0.3) is 0 Å². The molecule has 0 bridgehead atoms. The topological polar surface area (TPSA) is 73.2 Å². The van der Waals surface area contributed by atoms with Gasteiger partial charge in [0.1, 0.15) is 11.4 Å². The number of likely N-dealkylation sites (tertiary alicyclic amines) is 1. The van der Waals surface area contributed by atoms with Crippen molar-refractivity contribution < 1.29 is 28.2 Å². The molecule has 0 radical (unpaired) electrons. The van der Waals surface area contributed by atoms with Crippen LogP contribution in [0.5, 0.6) is 0 Å². The van der Waals surface area contributed by atoms with Gasteiger partial charge in [-0.1, -0.05) is 60.7 Å². The van der Waals surface area contributed by atoms with E-state index in [9.17, 15) is 4.79 Å². The summed E-state index contributed by atoms with van der Waals surface area (Å²) in [6, 6.07) is 23.9. The van der Waals surface area contributed by atoms with Crippen molar-refractivity contribution in [2.75, 3.05) is 40.5 Å². The Morgan fingerprint density at radius 1 is 0.902 bits per heavy atom. The van der Waals surface area contributed by atoms with Crippen LogP contribution in [0.4, 0.5) is 9.18 Å². The Hall–Kier alpha value is -4.21. The van der Waals surface area contributed by atoms with Crippen LogP contribution >= 0.6 is 0 Å². The van der Waals surface area contributed by atoms with Crippen LogP contribution in [0.25, 0.3) is 22.0 Å². The molecule has 1 aliphatic carbocycles. The summed E-state index contributed by atoms with van der Waals surface area (Å²) in [7, 11) is 3.36. The minimum absolute atomic E-state index is 0.0140. The number of ether oxygens (including phenoxy) is 3. The fraction of sp³-hybridized carbons (Fsp3) is 0.476. The number of carbonyl (C=O) groups is 2. The van der Waals surface area contributed by atoms with Gasteiger partial charge < -0.3 is 28.6 Å². The summed E-state index contributed by atoms with van der Waals surface area (Å²) in [5.74, 6) is -1.09. The predicted molar refractivity (Wildman–Crippen MR) is 198 cm³/mol. The van der Waals surface area contributed by atoms with Crippen LogP contribution < -0.4 is 0 Å². The number of benzene rings is 3. The maximum atomic E-state index is 15.6. The third kappa shape index (κ3) is 8.64. The first kappa shape index (κ1) is 36.6. The van der Waals surface area contributed by atoms with E-state index >= 15 is 9.18 Å². The van der Waals surface area contributed by atoms with Crippen LogP contribution in [-0.2, 0) is 32.1 Å². The molecule has 1 saturated heterocycles. The summed E-state index contributed by atoms with van der Waals surface area (Å²) < 4.78 is 34.4. The maximum Gasteiger partial charge on any atom is 0.410 e. The Balaban J connectivity index is 1.40. The van der Waals surface area contributed by atoms with Crippen LogP contribution in [0, 0.1) is 17.7 Å². The van der Waals surface area contributed by atoms with Gasteiger partial charge in [0, 0.05) is 77.2 Å². The zero-order valence-electron chi connectivity index (χ0n) is 30.6. The van der Waals surface area contributed by atoms with Gasteiger partial charge in [0.2, 0.25) is 5.91 Å². The van der Waals surface area contributed by atoms with Crippen molar-refractivity contribution in [3.8, 4) is 11.1 Å². The Morgan fingerprint density at radius 2 is 1.63 bits per heavy atom. The molecule has 3 atom stereocenters. The SMILES string of the molecule is COCCCn1cc(CN(C(=O)[C@H]2CN(C(=O)OC(C)(C)C)CC(CCOC)[C@@H]2c2cccc(-c3ccccc3)c2)C2CC2)c2c(F)cccc21. The van der Waals surface area contributed by atoms with Crippen LogP contribution in [0.15, 0.2) is 79.0 Å². The van der Waals surface area contributed by atoms with Crippen molar-refractivity contribution in [1.82, 2.24) is 14.4 Å². The number of nitrogens with zero attached hydrogens (tertiary/aromatic N) is 3. The van der Waals surface area contributed by atoms with Crippen molar-refractivity contribution in [2.24, 2.45) is 11.8 Å². The molecular weight excluding hydrogens is 645 g/mol. The van der Waals surface area contributed by atoms with Crippen molar-refractivity contribution >= 4 is 22.9 Å². The third-order valence-corrected chi connectivity index (χ3v) is 10.1. The molecule has 272 valence electrons. The molecule has 1 aliphatic heterocycles. The van der Waals surface area contributed by atoms with E-state index < -0.39 is 17.6 Å². The molecule has 2 aliphatic rings. The fourth-order valence-corrected chi connectivity index (χ4v) is 7.70. The number of amides is 2. The van der Waals surface area contributed by atoms with E-state index in [1.165, 1.54) is 6.07 Å². The average molecular weight is 698 g/mol. The van der Waals surface area contributed by atoms with Crippen LogP contribution in [0.3, 0.4) is 0 Å². The van der Waals surface area contributed by atoms with Crippen molar-refractivity contribution in [2.45, 2.75) is 77.1 Å². The minimum Gasteiger partial charge on any atom is -0.444 e. The summed E-state index contributed by atoms with van der Waals surface area (Å²) in [5, 5.41) is 0.553. The number of fused-ring (bicyclic) bond motifs is 1. The highest BCUT2D eigenvalue weighted by Gasteiger charge is 2.47. The molecule has 1 unspecified atom stereocenters. The number of methoxy groups -OCH3 is 2. The van der Waals surface area contributed by atoms with Crippen LogP contribution in [0.1, 0.15) is 63.5 Å². The summed E-state index contributed by atoms with van der Waals surface area (Å²) >= 11 is 0. The number of aromatic nitrogens is 1. The molecule has 2 amide bonds. The first-order valence-corrected chi connectivity index (χ1v) is 18.3. The second-order valence-corrected chi connectivity index (χ2v) is 15.1. The monoisotopic (exact) mass is 697 g/mol. The van der Waals surface area contributed by atoms with Gasteiger partial charge in [-0.2, -0.15) is 0 Å². The van der Waals surface area contributed by atoms with Gasteiger partial charge in [0.05, 0.1) is 11.4 Å². The molecule has 51 heavy (non-hydrogen) atoms. The summed E-state index contributed by atoms with van der Waals surface area (Å²) in [6.07, 6.45) is 4.83. The normalized spacial score (nSPS) is 19.3. The first-order chi connectivity index (χ1) is 24.6. The molecule has 8 nitrogen and oxygen atoms in total. The summed E-state index contributed by atoms with van der Waals surface area (Å²) in [5.41, 5.74) is 4.17. The van der Waals surface area contributed by atoms with E-state index in [0.29, 0.717) is 44.7 Å². The average Bonchev–Trinajstić information content (AvgIpc) is 3.90. The lowest BCUT2D eigenvalue weighted by molar-refractivity contribution is -0.140. The number of hydrogen-bond acceptors (Lipinski definition) is 5. The fourth-order valence-electron chi connectivity index (χ4n) is 7.70. The largest absolute Gasteiger partial charge is 0.444 e. The van der Waals surface area contributed by atoms with E-state index in [4.69, 9.17) is 14.2 Å². The number of halogens is 1. The Kier molecular flexibility index (Phi) is 11.5. The Labute approximate surface area is 301 Å². The van der Waals surface area contributed by atoms with Gasteiger partial charge in [-0.05, 0) is 86.8 Å². The second kappa shape index (κ2) is 16.0. The molecule has 0 N–H and O–H groups in total. The van der Waals surface area contributed by atoms with Crippen molar-refractivity contribution in [3.05, 3.63) is 95.9 Å². The smallest absolute Gasteiger partial charge is 0.410 e. The highest BCUT2D eigenvalue weighted by Crippen LogP contribution is 2.43. The highest BCUT2D eigenvalue weighted by molar-refractivity contribution is 5.86. The van der Waals surface area contributed by atoms with Crippen LogP contribution in [-0.4, -0.2) is 78.5 Å². The van der Waals surface area contributed by atoms with Gasteiger partial charge in [-0.25, -0.2) is 9.18 Å². The third-order valence-electron chi connectivity index (χ3n) is 10.1. The van der Waals surface area contributed by atoms with E-state index in [1.54, 1.807) is 25.2 Å². The summed E-state index contributed by atoms with van der Waals surface area (Å²) in [6.45, 7) is 8.33. The lowest BCUT2D eigenvalue weighted by Crippen LogP contribution is -2.54. The molecule has 1 saturated carbocycles. The predicted octanol–water partition coefficient (Wildman–Crippen LogP) is 8.28. The molecular formula is C42H52FN3O5. The van der Waals surface area contributed by atoms with Crippen LogP contribution in [0.2, 0.25) is 0 Å². The van der Waals surface area contributed by atoms with Crippen molar-refractivity contribution in [3.63, 3.8) is 0 Å². The Morgan fingerprint density at radius 3 is 2.33 bits per heavy atom. The second-order valence-electron chi connectivity index (χ2n) is 15.1.